The molecule has 18 heavy (non-hydrogen) atoms. The summed E-state index contributed by atoms with van der Waals surface area (Å²) in [6.45, 7) is 0.786. The number of hydrogen-bond acceptors (Lipinski definition) is 5. The third kappa shape index (κ3) is 2.37. The molecule has 0 fully saturated rings. The summed E-state index contributed by atoms with van der Waals surface area (Å²) < 4.78 is 9.23. The second-order valence-electron chi connectivity index (χ2n) is 4.41. The summed E-state index contributed by atoms with van der Waals surface area (Å²) >= 11 is 1.26. The van der Waals surface area contributed by atoms with Gasteiger partial charge in [0.05, 0.1) is 23.8 Å². The Bertz CT molecular complexity index is 528. The van der Waals surface area contributed by atoms with Crippen molar-refractivity contribution in [1.82, 2.24) is 9.59 Å². The van der Waals surface area contributed by atoms with E-state index in [2.05, 4.69) is 21.7 Å². The fraction of sp³-hybridized carbons (Fsp3) is 0.385. The van der Waals surface area contributed by atoms with Crippen LogP contribution in [-0.2, 0) is 12.8 Å². The largest absolute Gasteiger partial charge is 0.493 e. The van der Waals surface area contributed by atoms with Crippen LogP contribution in [0.5, 0.6) is 5.75 Å². The molecule has 1 aromatic heterocycles. The standard InChI is InChI=1S/C13H14N2O2S/c16-11(13-8-14-15-18-13)3-1-9-2-4-12-10(7-9)5-6-17-12/h2,4,7-8,11,16H,1,3,5-6H2. The summed E-state index contributed by atoms with van der Waals surface area (Å²) in [5, 5.41) is 13.7. The summed E-state index contributed by atoms with van der Waals surface area (Å²) in [7, 11) is 0. The van der Waals surface area contributed by atoms with Crippen LogP contribution in [0.15, 0.2) is 24.4 Å². The highest BCUT2D eigenvalue weighted by Crippen LogP contribution is 2.27. The predicted molar refractivity (Wildman–Crippen MR) is 68.8 cm³/mol. The van der Waals surface area contributed by atoms with Crippen molar-refractivity contribution < 1.29 is 9.84 Å². The Morgan fingerprint density at radius 2 is 2.39 bits per heavy atom. The molecule has 0 radical (unpaired) electrons. The van der Waals surface area contributed by atoms with Gasteiger partial charge >= 0.3 is 0 Å². The minimum atomic E-state index is -0.463. The van der Waals surface area contributed by atoms with Crippen molar-refractivity contribution in [3.63, 3.8) is 0 Å². The molecule has 1 atom stereocenters. The van der Waals surface area contributed by atoms with E-state index in [1.165, 1.54) is 22.7 Å². The van der Waals surface area contributed by atoms with E-state index in [-0.39, 0.29) is 0 Å². The number of aliphatic hydroxyl groups excluding tert-OH is 1. The van der Waals surface area contributed by atoms with Gasteiger partial charge in [-0.3, -0.25) is 0 Å². The molecule has 1 unspecified atom stereocenters. The Balaban J connectivity index is 1.63. The Morgan fingerprint density at radius 1 is 1.44 bits per heavy atom. The van der Waals surface area contributed by atoms with Gasteiger partial charge in [0.1, 0.15) is 5.75 Å². The van der Waals surface area contributed by atoms with Gasteiger partial charge in [0.25, 0.3) is 0 Å². The molecule has 1 aliphatic rings. The van der Waals surface area contributed by atoms with Gasteiger partial charge in [0, 0.05) is 6.42 Å². The molecule has 1 aromatic carbocycles. The van der Waals surface area contributed by atoms with Crippen molar-refractivity contribution in [3.05, 3.63) is 40.4 Å². The van der Waals surface area contributed by atoms with E-state index in [0.29, 0.717) is 6.42 Å². The Kier molecular flexibility index (Phi) is 3.25. The molecule has 0 bridgehead atoms. The van der Waals surface area contributed by atoms with Crippen molar-refractivity contribution in [2.24, 2.45) is 0 Å². The van der Waals surface area contributed by atoms with Crippen molar-refractivity contribution in [2.75, 3.05) is 6.61 Å². The first-order valence-corrected chi connectivity index (χ1v) is 6.80. The van der Waals surface area contributed by atoms with Gasteiger partial charge in [-0.15, -0.1) is 5.10 Å². The third-order valence-electron chi connectivity index (χ3n) is 3.17. The molecule has 0 saturated heterocycles. The van der Waals surface area contributed by atoms with Gasteiger partial charge in [0.15, 0.2) is 0 Å². The van der Waals surface area contributed by atoms with Crippen molar-refractivity contribution in [3.8, 4) is 5.75 Å². The maximum Gasteiger partial charge on any atom is 0.122 e. The number of nitrogens with zero attached hydrogens (tertiary/aromatic N) is 2. The van der Waals surface area contributed by atoms with E-state index in [4.69, 9.17) is 4.74 Å². The van der Waals surface area contributed by atoms with Crippen molar-refractivity contribution in [1.29, 1.82) is 0 Å². The van der Waals surface area contributed by atoms with Gasteiger partial charge < -0.3 is 9.84 Å². The molecule has 0 saturated carbocycles. The quantitative estimate of drug-likeness (QED) is 0.917. The zero-order valence-corrected chi connectivity index (χ0v) is 10.7. The summed E-state index contributed by atoms with van der Waals surface area (Å²) in [6, 6.07) is 6.28. The van der Waals surface area contributed by atoms with Crippen LogP contribution in [-0.4, -0.2) is 21.3 Å². The first-order valence-electron chi connectivity index (χ1n) is 6.03. The first-order chi connectivity index (χ1) is 8.83. The Labute approximate surface area is 109 Å². The average molecular weight is 262 g/mol. The SMILES string of the molecule is OC(CCc1ccc2c(c1)CCO2)c1cnns1. The van der Waals surface area contributed by atoms with Crippen LogP contribution in [0.25, 0.3) is 0 Å². The van der Waals surface area contributed by atoms with Gasteiger partial charge in [-0.05, 0) is 41.6 Å². The summed E-state index contributed by atoms with van der Waals surface area (Å²) in [6.07, 6.45) is 3.71. The third-order valence-corrected chi connectivity index (χ3v) is 3.93. The number of benzene rings is 1. The average Bonchev–Trinajstić information content (AvgIpc) is 3.05. The van der Waals surface area contributed by atoms with E-state index in [9.17, 15) is 5.11 Å². The van der Waals surface area contributed by atoms with Gasteiger partial charge in [-0.2, -0.15) is 0 Å². The first kappa shape index (κ1) is 11.6. The molecular formula is C13H14N2O2S. The van der Waals surface area contributed by atoms with Crippen LogP contribution in [0.3, 0.4) is 0 Å². The zero-order valence-electron chi connectivity index (χ0n) is 9.87. The topological polar surface area (TPSA) is 55.2 Å². The predicted octanol–water partition coefficient (Wildman–Crippen LogP) is 2.14. The van der Waals surface area contributed by atoms with E-state index < -0.39 is 6.10 Å². The van der Waals surface area contributed by atoms with Crippen LogP contribution in [0.2, 0.25) is 0 Å². The number of aromatic nitrogens is 2. The van der Waals surface area contributed by atoms with E-state index >= 15 is 0 Å². The molecule has 94 valence electrons. The molecule has 1 N–H and O–H groups in total. The monoisotopic (exact) mass is 262 g/mol. The lowest BCUT2D eigenvalue weighted by molar-refractivity contribution is 0.171. The molecule has 1 aliphatic heterocycles. The molecule has 0 aliphatic carbocycles. The second-order valence-corrected chi connectivity index (χ2v) is 5.23. The molecule has 5 heteroatoms. The molecule has 2 aromatic rings. The van der Waals surface area contributed by atoms with Crippen LogP contribution < -0.4 is 4.74 Å². The fourth-order valence-electron chi connectivity index (χ4n) is 2.16. The minimum Gasteiger partial charge on any atom is -0.493 e. The summed E-state index contributed by atoms with van der Waals surface area (Å²) in [4.78, 5) is 0.833. The minimum absolute atomic E-state index is 0.463. The van der Waals surface area contributed by atoms with E-state index in [1.54, 1.807) is 6.20 Å². The number of rotatable bonds is 4. The van der Waals surface area contributed by atoms with Gasteiger partial charge in [0.2, 0.25) is 0 Å². The molecule has 2 heterocycles. The maximum absolute atomic E-state index is 9.97. The number of aryl methyl sites for hydroxylation is 1. The van der Waals surface area contributed by atoms with E-state index in [1.807, 2.05) is 6.07 Å². The lowest BCUT2D eigenvalue weighted by atomic mass is 10.0. The summed E-state index contributed by atoms with van der Waals surface area (Å²) in [5.41, 5.74) is 2.53. The smallest absolute Gasteiger partial charge is 0.122 e. The van der Waals surface area contributed by atoms with Crippen LogP contribution in [0, 0.1) is 0 Å². The highest BCUT2D eigenvalue weighted by Gasteiger charge is 2.14. The zero-order chi connectivity index (χ0) is 12.4. The van der Waals surface area contributed by atoms with Gasteiger partial charge in [-0.25, -0.2) is 0 Å². The normalized spacial score (nSPS) is 15.2. The maximum atomic E-state index is 9.97. The fourth-order valence-corrected chi connectivity index (χ4v) is 2.69. The number of aliphatic hydroxyl groups is 1. The van der Waals surface area contributed by atoms with Crippen LogP contribution >= 0.6 is 11.5 Å². The second kappa shape index (κ2) is 5.04. The number of hydrogen-bond donors (Lipinski definition) is 1. The number of ether oxygens (including phenoxy) is 1. The molecule has 3 rings (SSSR count). The number of fused-ring (bicyclic) bond motifs is 1. The van der Waals surface area contributed by atoms with Crippen molar-refractivity contribution in [2.45, 2.75) is 25.4 Å². The molecule has 4 nitrogen and oxygen atoms in total. The highest BCUT2D eigenvalue weighted by molar-refractivity contribution is 7.05. The molecular weight excluding hydrogens is 248 g/mol. The van der Waals surface area contributed by atoms with Crippen LogP contribution in [0.4, 0.5) is 0 Å². The van der Waals surface area contributed by atoms with E-state index in [0.717, 1.165) is 30.1 Å². The van der Waals surface area contributed by atoms with Gasteiger partial charge in [-0.1, -0.05) is 16.6 Å². The highest BCUT2D eigenvalue weighted by atomic mass is 32.1. The lowest BCUT2D eigenvalue weighted by Crippen LogP contribution is -1.97. The summed E-state index contributed by atoms with van der Waals surface area (Å²) in [5.74, 6) is 1.01. The molecule has 0 spiro atoms. The Hall–Kier alpha value is -1.46. The molecule has 0 amide bonds. The Morgan fingerprint density at radius 3 is 3.22 bits per heavy atom. The van der Waals surface area contributed by atoms with Crippen molar-refractivity contribution >= 4 is 11.5 Å². The lowest BCUT2D eigenvalue weighted by Gasteiger charge is -2.08. The van der Waals surface area contributed by atoms with Crippen LogP contribution in [0.1, 0.15) is 28.5 Å².